The van der Waals surface area contributed by atoms with Crippen molar-refractivity contribution in [3.63, 3.8) is 0 Å². The van der Waals surface area contributed by atoms with Crippen LogP contribution in [0.2, 0.25) is 5.02 Å². The molecule has 0 saturated carbocycles. The van der Waals surface area contributed by atoms with E-state index in [4.69, 9.17) is 11.6 Å². The first-order chi connectivity index (χ1) is 17.5. The average Bonchev–Trinajstić information content (AvgIpc) is 2.84. The van der Waals surface area contributed by atoms with Gasteiger partial charge >= 0.3 is 0 Å². The van der Waals surface area contributed by atoms with E-state index in [1.54, 1.807) is 36.4 Å². The number of anilines is 1. The van der Waals surface area contributed by atoms with Gasteiger partial charge in [0.2, 0.25) is 21.8 Å². The second-order valence-electron chi connectivity index (χ2n) is 9.05. The lowest BCUT2D eigenvalue weighted by Gasteiger charge is -2.33. The minimum Gasteiger partial charge on any atom is -0.357 e. The van der Waals surface area contributed by atoms with Gasteiger partial charge in [0, 0.05) is 25.0 Å². The van der Waals surface area contributed by atoms with Crippen LogP contribution in [0.1, 0.15) is 22.3 Å². The Morgan fingerprint density at radius 3 is 2.11 bits per heavy atom. The number of carbonyl (C=O) groups excluding carboxylic acids is 2. The van der Waals surface area contributed by atoms with Crippen LogP contribution < -0.4 is 9.62 Å². The molecule has 0 bridgehead atoms. The predicted octanol–water partition coefficient (Wildman–Crippen LogP) is 4.11. The normalized spacial score (nSPS) is 12.0. The molecule has 7 nitrogen and oxygen atoms in total. The van der Waals surface area contributed by atoms with Gasteiger partial charge in [0.25, 0.3) is 0 Å². The molecule has 3 rings (SSSR count). The van der Waals surface area contributed by atoms with Crippen LogP contribution in [-0.2, 0) is 32.6 Å². The van der Waals surface area contributed by atoms with Crippen LogP contribution in [0.4, 0.5) is 5.69 Å². The van der Waals surface area contributed by atoms with Crippen molar-refractivity contribution in [3.05, 3.63) is 100 Å². The minimum absolute atomic E-state index is 0.0356. The van der Waals surface area contributed by atoms with Crippen molar-refractivity contribution in [1.29, 1.82) is 0 Å². The van der Waals surface area contributed by atoms with Crippen LogP contribution in [0.25, 0.3) is 0 Å². The standard InChI is InChI=1S/C28H32ClN3O4S/c1-20-14-21(2)16-24(15-20)32(37(4,35)36)19-27(33)31(18-23-12-8-9-13-25(23)29)26(28(34)30-3)17-22-10-6-5-7-11-22/h5-16,26H,17-19H2,1-4H3,(H,30,34). The Labute approximate surface area is 224 Å². The van der Waals surface area contributed by atoms with Crippen molar-refractivity contribution < 1.29 is 18.0 Å². The number of hydrogen-bond acceptors (Lipinski definition) is 4. The molecule has 0 aliphatic rings. The summed E-state index contributed by atoms with van der Waals surface area (Å²) >= 11 is 6.42. The van der Waals surface area contributed by atoms with Crippen molar-refractivity contribution >= 4 is 39.1 Å². The summed E-state index contributed by atoms with van der Waals surface area (Å²) in [5.74, 6) is -0.879. The van der Waals surface area contributed by atoms with Crippen LogP contribution >= 0.6 is 11.6 Å². The van der Waals surface area contributed by atoms with Gasteiger partial charge in [-0.15, -0.1) is 0 Å². The highest BCUT2D eigenvalue weighted by molar-refractivity contribution is 7.92. The van der Waals surface area contributed by atoms with Gasteiger partial charge < -0.3 is 10.2 Å². The molecule has 0 fully saturated rings. The summed E-state index contributed by atoms with van der Waals surface area (Å²) in [6, 6.07) is 20.9. The van der Waals surface area contributed by atoms with E-state index < -0.39 is 28.5 Å². The van der Waals surface area contributed by atoms with Gasteiger partial charge in [-0.3, -0.25) is 13.9 Å². The molecule has 37 heavy (non-hydrogen) atoms. The van der Waals surface area contributed by atoms with Crippen LogP contribution in [0.3, 0.4) is 0 Å². The van der Waals surface area contributed by atoms with Crippen molar-refractivity contribution in [2.75, 3.05) is 24.2 Å². The maximum absolute atomic E-state index is 13.9. The summed E-state index contributed by atoms with van der Waals surface area (Å²) in [7, 11) is -2.30. The van der Waals surface area contributed by atoms with Crippen molar-refractivity contribution in [3.8, 4) is 0 Å². The lowest BCUT2D eigenvalue weighted by Crippen LogP contribution is -2.52. The number of aryl methyl sites for hydroxylation is 2. The number of rotatable bonds is 10. The summed E-state index contributed by atoms with van der Waals surface area (Å²) in [6.07, 6.45) is 1.32. The second kappa shape index (κ2) is 12.3. The molecule has 9 heteroatoms. The van der Waals surface area contributed by atoms with Crippen molar-refractivity contribution in [2.24, 2.45) is 0 Å². The zero-order valence-corrected chi connectivity index (χ0v) is 23.0. The molecule has 0 heterocycles. The summed E-state index contributed by atoms with van der Waals surface area (Å²) in [6.45, 7) is 3.30. The first kappa shape index (κ1) is 28.2. The molecule has 3 aromatic carbocycles. The number of sulfonamides is 1. The van der Waals surface area contributed by atoms with Crippen molar-refractivity contribution in [2.45, 2.75) is 32.9 Å². The number of nitrogens with one attached hydrogen (secondary N) is 1. The minimum atomic E-state index is -3.81. The first-order valence-electron chi connectivity index (χ1n) is 11.8. The number of benzene rings is 3. The summed E-state index contributed by atoms with van der Waals surface area (Å²) in [5, 5.41) is 3.10. The maximum Gasteiger partial charge on any atom is 0.244 e. The van der Waals surface area contributed by atoms with Gasteiger partial charge in [-0.25, -0.2) is 8.42 Å². The molecule has 3 aromatic rings. The van der Waals surface area contributed by atoms with Crippen LogP contribution in [0.5, 0.6) is 0 Å². The molecule has 1 unspecified atom stereocenters. The quantitative estimate of drug-likeness (QED) is 0.418. The van der Waals surface area contributed by atoms with E-state index in [-0.39, 0.29) is 18.9 Å². The van der Waals surface area contributed by atoms with E-state index in [1.165, 1.54) is 11.9 Å². The van der Waals surface area contributed by atoms with E-state index in [0.29, 0.717) is 16.3 Å². The summed E-state index contributed by atoms with van der Waals surface area (Å²) < 4.78 is 26.7. The molecule has 1 N–H and O–H groups in total. The molecule has 196 valence electrons. The Bertz CT molecular complexity index is 1340. The van der Waals surface area contributed by atoms with Gasteiger partial charge in [-0.05, 0) is 54.3 Å². The first-order valence-corrected chi connectivity index (χ1v) is 14.1. The Morgan fingerprint density at radius 2 is 1.54 bits per heavy atom. The summed E-state index contributed by atoms with van der Waals surface area (Å²) in [5.41, 5.74) is 3.65. The molecular weight excluding hydrogens is 510 g/mol. The monoisotopic (exact) mass is 541 g/mol. The average molecular weight is 542 g/mol. The second-order valence-corrected chi connectivity index (χ2v) is 11.4. The molecule has 0 radical (unpaired) electrons. The third-order valence-corrected chi connectivity index (χ3v) is 7.50. The molecule has 1 atom stereocenters. The third kappa shape index (κ3) is 7.57. The van der Waals surface area contributed by atoms with Crippen molar-refractivity contribution in [1.82, 2.24) is 10.2 Å². The highest BCUT2D eigenvalue weighted by atomic mass is 35.5. The highest BCUT2D eigenvalue weighted by Gasteiger charge is 2.33. The zero-order valence-electron chi connectivity index (χ0n) is 21.4. The van der Waals surface area contributed by atoms with E-state index in [2.05, 4.69) is 5.32 Å². The third-order valence-electron chi connectivity index (χ3n) is 5.99. The largest absolute Gasteiger partial charge is 0.357 e. The smallest absolute Gasteiger partial charge is 0.244 e. The number of likely N-dealkylation sites (N-methyl/N-ethyl adjacent to an activating group) is 1. The molecule has 0 aromatic heterocycles. The molecule has 2 amide bonds. The fourth-order valence-electron chi connectivity index (χ4n) is 4.24. The van der Waals surface area contributed by atoms with Gasteiger partial charge in [0.05, 0.1) is 11.9 Å². The molecule has 0 aliphatic heterocycles. The fourth-order valence-corrected chi connectivity index (χ4v) is 5.27. The lowest BCUT2D eigenvalue weighted by molar-refractivity contribution is -0.139. The van der Waals surface area contributed by atoms with E-state index >= 15 is 0 Å². The Morgan fingerprint density at radius 1 is 0.946 bits per heavy atom. The highest BCUT2D eigenvalue weighted by Crippen LogP contribution is 2.24. The van der Waals surface area contributed by atoms with Crippen LogP contribution in [0.15, 0.2) is 72.8 Å². The lowest BCUT2D eigenvalue weighted by atomic mass is 10.0. The van der Waals surface area contributed by atoms with Crippen LogP contribution in [-0.4, -0.2) is 51.0 Å². The van der Waals surface area contributed by atoms with Gasteiger partial charge in [-0.2, -0.15) is 0 Å². The topological polar surface area (TPSA) is 86.8 Å². The van der Waals surface area contributed by atoms with E-state index in [9.17, 15) is 18.0 Å². The number of carbonyl (C=O) groups is 2. The van der Waals surface area contributed by atoms with E-state index in [0.717, 1.165) is 27.3 Å². The van der Waals surface area contributed by atoms with E-state index in [1.807, 2.05) is 50.2 Å². The fraction of sp³-hybridized carbons (Fsp3) is 0.286. The summed E-state index contributed by atoms with van der Waals surface area (Å²) in [4.78, 5) is 28.4. The SMILES string of the molecule is CNC(=O)C(Cc1ccccc1)N(Cc1ccccc1Cl)C(=O)CN(c1cc(C)cc(C)c1)S(C)(=O)=O. The number of nitrogens with zero attached hydrogens (tertiary/aromatic N) is 2. The molecule has 0 spiro atoms. The van der Waals surface area contributed by atoms with Gasteiger partial charge in [0.1, 0.15) is 12.6 Å². The van der Waals surface area contributed by atoms with Crippen LogP contribution in [0, 0.1) is 13.8 Å². The number of hydrogen-bond donors (Lipinski definition) is 1. The maximum atomic E-state index is 13.9. The number of amides is 2. The Hall–Kier alpha value is -3.36. The molecular formula is C28H32ClN3O4S. The molecule has 0 aliphatic carbocycles. The Balaban J connectivity index is 2.06. The zero-order chi connectivity index (χ0) is 27.2. The van der Waals surface area contributed by atoms with Gasteiger partial charge in [-0.1, -0.05) is 66.2 Å². The molecule has 0 saturated heterocycles. The van der Waals surface area contributed by atoms with Gasteiger partial charge in [0.15, 0.2) is 0 Å². The predicted molar refractivity (Wildman–Crippen MR) is 148 cm³/mol. The number of halogens is 1. The Kier molecular flexibility index (Phi) is 9.34.